The molecular weight excluding hydrogens is 344 g/mol. The predicted molar refractivity (Wildman–Crippen MR) is 90.5 cm³/mol. The maximum atomic E-state index is 13.8. The molecular formula is C19H15F2NO4. The summed E-state index contributed by atoms with van der Waals surface area (Å²) in [6, 6.07) is 7.70. The fraction of sp³-hybridized carbons (Fsp3) is 0.158. The summed E-state index contributed by atoms with van der Waals surface area (Å²) in [6.07, 6.45) is 1.05. The third kappa shape index (κ3) is 3.28. The average Bonchev–Trinajstić information content (AvgIpc) is 3.01. The van der Waals surface area contributed by atoms with Crippen molar-refractivity contribution >= 4 is 22.7 Å². The van der Waals surface area contributed by atoms with E-state index >= 15 is 0 Å². The molecule has 0 saturated heterocycles. The third-order valence-electron chi connectivity index (χ3n) is 4.22. The normalized spacial score (nSPS) is 12.1. The second kappa shape index (κ2) is 6.95. The van der Waals surface area contributed by atoms with Crippen LogP contribution in [-0.2, 0) is 4.79 Å². The molecule has 134 valence electrons. The van der Waals surface area contributed by atoms with Gasteiger partial charge in [-0.05, 0) is 35.9 Å². The Bertz CT molecular complexity index is 996. The van der Waals surface area contributed by atoms with Gasteiger partial charge in [0.25, 0.3) is 0 Å². The molecule has 1 heterocycles. The van der Waals surface area contributed by atoms with Crippen molar-refractivity contribution in [3.8, 4) is 5.75 Å². The first-order valence-electron chi connectivity index (χ1n) is 7.76. The lowest BCUT2D eigenvalue weighted by Gasteiger charge is -2.12. The Morgan fingerprint density at radius 1 is 1.19 bits per heavy atom. The van der Waals surface area contributed by atoms with Gasteiger partial charge in [0.2, 0.25) is 0 Å². The van der Waals surface area contributed by atoms with E-state index in [0.29, 0.717) is 28.3 Å². The summed E-state index contributed by atoms with van der Waals surface area (Å²) in [5.41, 5.74) is 0.741. The van der Waals surface area contributed by atoms with E-state index in [1.54, 1.807) is 18.2 Å². The second-order valence-corrected chi connectivity index (χ2v) is 5.80. The molecule has 1 atom stereocenters. The summed E-state index contributed by atoms with van der Waals surface area (Å²) in [5, 5.41) is 10.2. The lowest BCUT2D eigenvalue weighted by Crippen LogP contribution is -2.17. The van der Waals surface area contributed by atoms with Gasteiger partial charge in [0, 0.05) is 29.6 Å². The number of carboxylic acids is 1. The molecule has 0 aliphatic rings. The zero-order chi connectivity index (χ0) is 18.8. The number of Topliss-reactive ketones (excluding diaryl/α,β-unsaturated/α-hetero) is 1. The lowest BCUT2D eigenvalue weighted by atomic mass is 9.91. The van der Waals surface area contributed by atoms with E-state index < -0.39 is 35.7 Å². The molecule has 0 saturated carbocycles. The number of benzene rings is 2. The summed E-state index contributed by atoms with van der Waals surface area (Å²) >= 11 is 0. The van der Waals surface area contributed by atoms with Gasteiger partial charge in [-0.25, -0.2) is 8.78 Å². The smallest absolute Gasteiger partial charge is 0.311 e. The number of hydrogen-bond acceptors (Lipinski definition) is 3. The maximum Gasteiger partial charge on any atom is 0.311 e. The number of ether oxygens (including phenoxy) is 1. The highest BCUT2D eigenvalue weighted by atomic mass is 19.1. The van der Waals surface area contributed by atoms with E-state index in [1.165, 1.54) is 13.3 Å². The highest BCUT2D eigenvalue weighted by Gasteiger charge is 2.27. The minimum absolute atomic E-state index is 0.338. The fourth-order valence-corrected chi connectivity index (χ4v) is 2.88. The molecule has 1 unspecified atom stereocenters. The number of ketones is 1. The lowest BCUT2D eigenvalue weighted by molar-refractivity contribution is -0.138. The van der Waals surface area contributed by atoms with E-state index in [9.17, 15) is 23.5 Å². The highest BCUT2D eigenvalue weighted by molar-refractivity contribution is 6.00. The number of aliphatic carboxylic acids is 1. The number of fused-ring (bicyclic) bond motifs is 1. The van der Waals surface area contributed by atoms with Crippen LogP contribution < -0.4 is 4.74 Å². The molecule has 0 bridgehead atoms. The van der Waals surface area contributed by atoms with Gasteiger partial charge in [0.1, 0.15) is 17.4 Å². The van der Waals surface area contributed by atoms with Gasteiger partial charge in [0.15, 0.2) is 5.78 Å². The predicted octanol–water partition coefficient (Wildman–Crippen LogP) is 3.90. The number of carbonyl (C=O) groups is 2. The summed E-state index contributed by atoms with van der Waals surface area (Å²) in [7, 11) is 1.49. The van der Waals surface area contributed by atoms with Crippen molar-refractivity contribution in [1.82, 2.24) is 4.98 Å². The summed E-state index contributed by atoms with van der Waals surface area (Å²) < 4.78 is 32.0. The van der Waals surface area contributed by atoms with E-state index in [1.807, 2.05) is 0 Å². The van der Waals surface area contributed by atoms with Gasteiger partial charge in [0.05, 0.1) is 18.6 Å². The number of carbonyl (C=O) groups excluding carboxylic acids is 1. The Balaban J connectivity index is 1.97. The van der Waals surface area contributed by atoms with Crippen LogP contribution in [0, 0.1) is 11.6 Å². The Hall–Kier alpha value is -3.22. The van der Waals surface area contributed by atoms with Crippen LogP contribution in [0.5, 0.6) is 5.75 Å². The van der Waals surface area contributed by atoms with Gasteiger partial charge in [-0.3, -0.25) is 9.59 Å². The van der Waals surface area contributed by atoms with Crippen molar-refractivity contribution in [2.24, 2.45) is 0 Å². The summed E-state index contributed by atoms with van der Waals surface area (Å²) in [5.74, 6) is -4.40. The number of H-pyrrole nitrogens is 1. The van der Waals surface area contributed by atoms with Crippen molar-refractivity contribution in [3.63, 3.8) is 0 Å². The van der Waals surface area contributed by atoms with Crippen LogP contribution in [0.1, 0.15) is 28.3 Å². The van der Waals surface area contributed by atoms with E-state index in [0.717, 1.165) is 12.1 Å². The van der Waals surface area contributed by atoms with Crippen LogP contribution in [0.3, 0.4) is 0 Å². The quantitative estimate of drug-likeness (QED) is 0.654. The molecule has 7 heteroatoms. The molecule has 0 amide bonds. The van der Waals surface area contributed by atoms with Gasteiger partial charge in [-0.15, -0.1) is 0 Å². The second-order valence-electron chi connectivity index (χ2n) is 5.80. The Labute approximate surface area is 147 Å². The zero-order valence-electron chi connectivity index (χ0n) is 13.8. The van der Waals surface area contributed by atoms with Crippen molar-refractivity contribution < 1.29 is 28.2 Å². The van der Waals surface area contributed by atoms with Crippen molar-refractivity contribution in [3.05, 3.63) is 65.4 Å². The van der Waals surface area contributed by atoms with Crippen molar-refractivity contribution in [2.45, 2.75) is 12.3 Å². The van der Waals surface area contributed by atoms with Crippen LogP contribution in [0.2, 0.25) is 0 Å². The maximum absolute atomic E-state index is 13.8. The van der Waals surface area contributed by atoms with Crippen LogP contribution in [-0.4, -0.2) is 29.0 Å². The molecule has 2 aromatic carbocycles. The molecule has 3 rings (SSSR count). The molecule has 0 aliphatic heterocycles. The minimum Gasteiger partial charge on any atom is -0.497 e. The first kappa shape index (κ1) is 17.6. The van der Waals surface area contributed by atoms with Gasteiger partial charge >= 0.3 is 5.97 Å². The monoisotopic (exact) mass is 359 g/mol. The first-order valence-corrected chi connectivity index (χ1v) is 7.76. The Morgan fingerprint density at radius 2 is 1.96 bits per heavy atom. The Morgan fingerprint density at radius 3 is 2.62 bits per heavy atom. The number of rotatable bonds is 6. The molecule has 0 spiro atoms. The summed E-state index contributed by atoms with van der Waals surface area (Å²) in [6.45, 7) is 0. The zero-order valence-corrected chi connectivity index (χ0v) is 13.8. The van der Waals surface area contributed by atoms with Crippen molar-refractivity contribution in [1.29, 1.82) is 0 Å². The van der Waals surface area contributed by atoms with E-state index in [2.05, 4.69) is 4.98 Å². The standard InChI is InChI=1S/C19H15F2NO4/c1-26-11-3-5-17-13(7-11)15(9-22-17)14(19(24)25)8-18(23)12-4-2-10(20)6-16(12)21/h2-7,9,14,22H,8H2,1H3,(H,24,25). The highest BCUT2D eigenvalue weighted by Crippen LogP contribution is 2.32. The third-order valence-corrected chi connectivity index (χ3v) is 4.22. The van der Waals surface area contributed by atoms with E-state index in [-0.39, 0.29) is 5.56 Å². The van der Waals surface area contributed by atoms with Crippen molar-refractivity contribution in [2.75, 3.05) is 7.11 Å². The molecule has 0 fully saturated rings. The number of aromatic nitrogens is 1. The van der Waals surface area contributed by atoms with Gasteiger partial charge in [-0.1, -0.05) is 0 Å². The molecule has 1 aromatic heterocycles. The number of aromatic amines is 1. The number of hydrogen-bond donors (Lipinski definition) is 2. The van der Waals surface area contributed by atoms with Crippen LogP contribution in [0.15, 0.2) is 42.6 Å². The number of nitrogens with one attached hydrogen (secondary N) is 1. The molecule has 2 N–H and O–H groups in total. The number of halogens is 2. The number of methoxy groups -OCH3 is 1. The molecule has 26 heavy (non-hydrogen) atoms. The van der Waals surface area contributed by atoms with Crippen LogP contribution in [0.4, 0.5) is 8.78 Å². The number of carboxylic acid groups (broad SMARTS) is 1. The van der Waals surface area contributed by atoms with E-state index in [4.69, 9.17) is 4.74 Å². The first-order chi connectivity index (χ1) is 12.4. The largest absolute Gasteiger partial charge is 0.497 e. The topological polar surface area (TPSA) is 79.4 Å². The average molecular weight is 359 g/mol. The summed E-state index contributed by atoms with van der Waals surface area (Å²) in [4.78, 5) is 27.1. The molecule has 5 nitrogen and oxygen atoms in total. The fourth-order valence-electron chi connectivity index (χ4n) is 2.88. The Kier molecular flexibility index (Phi) is 4.71. The van der Waals surface area contributed by atoms with Crippen LogP contribution in [0.25, 0.3) is 10.9 Å². The van der Waals surface area contributed by atoms with Gasteiger partial charge in [-0.2, -0.15) is 0 Å². The molecule has 3 aromatic rings. The SMILES string of the molecule is COc1ccc2[nH]cc(C(CC(=O)c3ccc(F)cc3F)C(=O)O)c2c1. The molecule has 0 radical (unpaired) electrons. The van der Waals surface area contributed by atoms with Gasteiger partial charge < -0.3 is 14.8 Å². The minimum atomic E-state index is -1.22. The molecule has 0 aliphatic carbocycles. The van der Waals surface area contributed by atoms with Crippen LogP contribution >= 0.6 is 0 Å².